The summed E-state index contributed by atoms with van der Waals surface area (Å²) in [5, 5.41) is 1.91. The van der Waals surface area contributed by atoms with Crippen molar-refractivity contribution in [2.24, 2.45) is 0 Å². The Morgan fingerprint density at radius 1 is 1.38 bits per heavy atom. The van der Waals surface area contributed by atoms with Crippen LogP contribution in [0.15, 0.2) is 24.3 Å². The second-order valence-corrected chi connectivity index (χ2v) is 3.12. The van der Waals surface area contributed by atoms with Gasteiger partial charge in [0, 0.05) is 6.54 Å². The van der Waals surface area contributed by atoms with E-state index in [4.69, 9.17) is 4.84 Å². The number of anilines is 1. The maximum Gasteiger partial charge on any atom is 0.0639 e. The van der Waals surface area contributed by atoms with Gasteiger partial charge in [0.05, 0.1) is 12.8 Å². The van der Waals surface area contributed by atoms with Crippen LogP contribution in [-0.4, -0.2) is 13.7 Å². The molecule has 0 fully saturated rings. The van der Waals surface area contributed by atoms with Crippen molar-refractivity contribution in [3.63, 3.8) is 0 Å². The second-order valence-electron chi connectivity index (χ2n) is 3.12. The van der Waals surface area contributed by atoms with Gasteiger partial charge in [-0.3, -0.25) is 9.90 Å². The molecule has 0 unspecified atom stereocenters. The lowest BCUT2D eigenvalue weighted by Crippen LogP contribution is -2.22. The van der Waals surface area contributed by atoms with Crippen molar-refractivity contribution in [2.75, 3.05) is 18.7 Å². The second kappa shape index (κ2) is 4.87. The minimum atomic E-state index is 0.931. The van der Waals surface area contributed by atoms with Crippen molar-refractivity contribution in [1.29, 1.82) is 0 Å². The number of hydroxylamine groups is 1. The summed E-state index contributed by atoms with van der Waals surface area (Å²) in [5.41, 5.74) is 2.39. The summed E-state index contributed by atoms with van der Waals surface area (Å²) in [6, 6.07) is 8.32. The maximum atomic E-state index is 5.27. The Labute approximate surface area is 80.1 Å². The van der Waals surface area contributed by atoms with Gasteiger partial charge in [0.25, 0.3) is 0 Å². The Bertz CT molecular complexity index is 260. The highest BCUT2D eigenvalue weighted by Gasteiger charge is 2.02. The Kier molecular flexibility index (Phi) is 3.77. The predicted octanol–water partition coefficient (Wildman–Crippen LogP) is 2.77. The summed E-state index contributed by atoms with van der Waals surface area (Å²) in [7, 11) is 1.71. The minimum Gasteiger partial charge on any atom is -0.277 e. The van der Waals surface area contributed by atoms with Gasteiger partial charge < -0.3 is 0 Å². The molecule has 0 bridgehead atoms. The Hall–Kier alpha value is -1.02. The van der Waals surface area contributed by atoms with E-state index in [2.05, 4.69) is 32.0 Å². The van der Waals surface area contributed by atoms with Crippen LogP contribution in [0.25, 0.3) is 0 Å². The van der Waals surface area contributed by atoms with Crippen LogP contribution in [0.2, 0.25) is 0 Å². The maximum absolute atomic E-state index is 5.27. The summed E-state index contributed by atoms with van der Waals surface area (Å²) in [5.74, 6) is 0. The van der Waals surface area contributed by atoms with Crippen LogP contribution in [0.3, 0.4) is 0 Å². The molecule has 0 radical (unpaired) electrons. The van der Waals surface area contributed by atoms with Crippen LogP contribution in [0.1, 0.15) is 18.9 Å². The summed E-state index contributed by atoms with van der Waals surface area (Å²) in [6.07, 6.45) is 1.09. The van der Waals surface area contributed by atoms with Gasteiger partial charge >= 0.3 is 0 Å². The molecule has 0 saturated heterocycles. The highest BCUT2D eigenvalue weighted by atomic mass is 16.7. The van der Waals surface area contributed by atoms with Gasteiger partial charge in [-0.25, -0.2) is 0 Å². The summed E-state index contributed by atoms with van der Waals surface area (Å²) in [6.45, 7) is 5.16. The lowest BCUT2D eigenvalue weighted by molar-refractivity contribution is 0.167. The molecule has 2 nitrogen and oxygen atoms in total. The smallest absolute Gasteiger partial charge is 0.0639 e. The fourth-order valence-corrected chi connectivity index (χ4v) is 1.31. The molecule has 2 heteroatoms. The number of hydrogen-bond donors (Lipinski definition) is 0. The lowest BCUT2D eigenvalue weighted by atomic mass is 10.2. The van der Waals surface area contributed by atoms with Gasteiger partial charge in [0.2, 0.25) is 0 Å². The normalized spacial score (nSPS) is 10.1. The van der Waals surface area contributed by atoms with Gasteiger partial charge in [-0.1, -0.05) is 19.1 Å². The van der Waals surface area contributed by atoms with Crippen molar-refractivity contribution in [2.45, 2.75) is 20.3 Å². The highest BCUT2D eigenvalue weighted by molar-refractivity contribution is 5.45. The SMILES string of the molecule is CCCN(OC)c1cccc(C)c1. The standard InChI is InChI=1S/C11H17NO/c1-4-8-12(13-3)11-7-5-6-10(2)9-11/h5-7,9H,4,8H2,1-3H3. The molecule has 0 aliphatic rings. The van der Waals surface area contributed by atoms with Crippen LogP contribution < -0.4 is 5.06 Å². The molecule has 1 rings (SSSR count). The monoisotopic (exact) mass is 179 g/mol. The van der Waals surface area contributed by atoms with Gasteiger partial charge in [-0.15, -0.1) is 0 Å². The first-order valence-electron chi connectivity index (χ1n) is 4.66. The van der Waals surface area contributed by atoms with E-state index in [-0.39, 0.29) is 0 Å². The van der Waals surface area contributed by atoms with Crippen molar-refractivity contribution < 1.29 is 4.84 Å². The molecule has 0 aromatic heterocycles. The molecule has 0 aliphatic heterocycles. The topological polar surface area (TPSA) is 12.5 Å². The predicted molar refractivity (Wildman–Crippen MR) is 55.8 cm³/mol. The fraction of sp³-hybridized carbons (Fsp3) is 0.455. The molecule has 1 aromatic rings. The molecule has 0 amide bonds. The van der Waals surface area contributed by atoms with Crippen LogP contribution in [0.4, 0.5) is 5.69 Å². The Morgan fingerprint density at radius 3 is 2.69 bits per heavy atom. The molecule has 72 valence electrons. The zero-order valence-corrected chi connectivity index (χ0v) is 8.58. The quantitative estimate of drug-likeness (QED) is 0.659. The van der Waals surface area contributed by atoms with E-state index in [9.17, 15) is 0 Å². The summed E-state index contributed by atoms with van der Waals surface area (Å²) in [4.78, 5) is 5.27. The molecule has 13 heavy (non-hydrogen) atoms. The molecule has 0 atom stereocenters. The van der Waals surface area contributed by atoms with E-state index in [0.717, 1.165) is 18.7 Å². The number of hydrogen-bond acceptors (Lipinski definition) is 2. The lowest BCUT2D eigenvalue weighted by Gasteiger charge is -2.21. The molecule has 0 saturated carbocycles. The molecule has 0 heterocycles. The first kappa shape index (κ1) is 10.1. The third-order valence-corrected chi connectivity index (χ3v) is 1.94. The van der Waals surface area contributed by atoms with Crippen molar-refractivity contribution in [3.05, 3.63) is 29.8 Å². The van der Waals surface area contributed by atoms with E-state index < -0.39 is 0 Å². The van der Waals surface area contributed by atoms with Gasteiger partial charge in [-0.05, 0) is 31.0 Å². The van der Waals surface area contributed by atoms with Crippen LogP contribution in [-0.2, 0) is 4.84 Å². The third kappa shape index (κ3) is 2.74. The average Bonchev–Trinajstić information content (AvgIpc) is 2.14. The first-order valence-corrected chi connectivity index (χ1v) is 4.66. The molecular weight excluding hydrogens is 162 g/mol. The first-order chi connectivity index (χ1) is 6.27. The fourth-order valence-electron chi connectivity index (χ4n) is 1.31. The summed E-state index contributed by atoms with van der Waals surface area (Å²) >= 11 is 0. The number of benzene rings is 1. The Morgan fingerprint density at radius 2 is 2.15 bits per heavy atom. The van der Waals surface area contributed by atoms with Crippen LogP contribution in [0, 0.1) is 6.92 Å². The molecule has 0 spiro atoms. The largest absolute Gasteiger partial charge is 0.277 e. The van der Waals surface area contributed by atoms with Crippen LogP contribution >= 0.6 is 0 Å². The minimum absolute atomic E-state index is 0.931. The highest BCUT2D eigenvalue weighted by Crippen LogP contribution is 2.15. The molecule has 0 aliphatic carbocycles. The number of rotatable bonds is 4. The van der Waals surface area contributed by atoms with Gasteiger partial charge in [0.1, 0.15) is 0 Å². The molecule has 0 N–H and O–H groups in total. The zero-order valence-electron chi connectivity index (χ0n) is 8.58. The van der Waals surface area contributed by atoms with Gasteiger partial charge in [0.15, 0.2) is 0 Å². The van der Waals surface area contributed by atoms with Crippen molar-refractivity contribution >= 4 is 5.69 Å². The zero-order chi connectivity index (χ0) is 9.68. The third-order valence-electron chi connectivity index (χ3n) is 1.94. The number of aryl methyl sites for hydroxylation is 1. The van der Waals surface area contributed by atoms with E-state index in [1.807, 2.05) is 11.1 Å². The van der Waals surface area contributed by atoms with Gasteiger partial charge in [-0.2, -0.15) is 0 Å². The average molecular weight is 179 g/mol. The molecular formula is C11H17NO. The van der Waals surface area contributed by atoms with E-state index in [0.29, 0.717) is 0 Å². The van der Waals surface area contributed by atoms with E-state index >= 15 is 0 Å². The summed E-state index contributed by atoms with van der Waals surface area (Å²) < 4.78 is 0. The Balaban J connectivity index is 2.78. The van der Waals surface area contributed by atoms with Crippen molar-refractivity contribution in [3.8, 4) is 0 Å². The molecule has 1 aromatic carbocycles. The number of nitrogens with zero attached hydrogens (tertiary/aromatic N) is 1. The van der Waals surface area contributed by atoms with Crippen LogP contribution in [0.5, 0.6) is 0 Å². The van der Waals surface area contributed by atoms with Crippen molar-refractivity contribution in [1.82, 2.24) is 0 Å². The van der Waals surface area contributed by atoms with E-state index in [1.54, 1.807) is 7.11 Å². The van der Waals surface area contributed by atoms with E-state index in [1.165, 1.54) is 5.56 Å².